The molecule has 96 valence electrons. The molecular formula is C14H21ClO2. The Balaban J connectivity index is 2.61. The smallest absolute Gasteiger partial charge is 0.137 e. The minimum absolute atomic E-state index is 0.256. The van der Waals surface area contributed by atoms with Gasteiger partial charge in [0.25, 0.3) is 0 Å². The minimum Gasteiger partial charge on any atom is -0.492 e. The van der Waals surface area contributed by atoms with Crippen LogP contribution in [0.3, 0.4) is 0 Å². The molecule has 0 fully saturated rings. The number of benzene rings is 1. The summed E-state index contributed by atoms with van der Waals surface area (Å²) in [4.78, 5) is 0. The van der Waals surface area contributed by atoms with Crippen LogP contribution < -0.4 is 4.74 Å². The van der Waals surface area contributed by atoms with Crippen molar-refractivity contribution in [2.45, 2.75) is 40.2 Å². The molecule has 0 unspecified atom stereocenters. The molecule has 0 amide bonds. The lowest BCUT2D eigenvalue weighted by atomic mass is 9.93. The zero-order valence-corrected chi connectivity index (χ0v) is 11.7. The summed E-state index contributed by atoms with van der Waals surface area (Å²) in [6.45, 7) is 8.89. The summed E-state index contributed by atoms with van der Waals surface area (Å²) in [6.07, 6.45) is 0.470. The van der Waals surface area contributed by atoms with Crippen LogP contribution >= 0.6 is 11.6 Å². The molecule has 0 heterocycles. The van der Waals surface area contributed by atoms with E-state index in [9.17, 15) is 5.11 Å². The maximum atomic E-state index is 9.42. The van der Waals surface area contributed by atoms with Gasteiger partial charge in [-0.05, 0) is 36.5 Å². The molecule has 0 aliphatic carbocycles. The number of aliphatic hydroxyl groups excluding tert-OH is 1. The van der Waals surface area contributed by atoms with Gasteiger partial charge in [-0.3, -0.25) is 0 Å². The summed E-state index contributed by atoms with van der Waals surface area (Å²) in [6, 6.07) is 5.40. The van der Waals surface area contributed by atoms with Crippen LogP contribution in [0.15, 0.2) is 18.2 Å². The number of rotatable bonds is 4. The predicted octanol–water partition coefficient (Wildman–Crippen LogP) is 4.21. The highest BCUT2D eigenvalue weighted by atomic mass is 35.5. The molecule has 1 aromatic rings. The van der Waals surface area contributed by atoms with Crippen LogP contribution in [0.5, 0.6) is 5.75 Å². The van der Waals surface area contributed by atoms with Crippen LogP contribution in [-0.2, 0) is 0 Å². The Hall–Kier alpha value is -0.730. The predicted molar refractivity (Wildman–Crippen MR) is 71.7 cm³/mol. The number of hydrogen-bond donors (Lipinski definition) is 1. The first kappa shape index (κ1) is 14.3. The lowest BCUT2D eigenvalue weighted by molar-refractivity contribution is 0.199. The molecule has 2 nitrogen and oxygen atoms in total. The summed E-state index contributed by atoms with van der Waals surface area (Å²) < 4.78 is 5.63. The zero-order chi connectivity index (χ0) is 13.1. The molecule has 0 radical (unpaired) electrons. The lowest BCUT2D eigenvalue weighted by Gasteiger charge is -2.18. The van der Waals surface area contributed by atoms with Crippen molar-refractivity contribution in [1.82, 2.24) is 0 Å². The van der Waals surface area contributed by atoms with Crippen LogP contribution in [0.1, 0.15) is 45.8 Å². The normalized spacial score (nSPS) is 13.5. The van der Waals surface area contributed by atoms with E-state index < -0.39 is 6.10 Å². The fraction of sp³-hybridized carbons (Fsp3) is 0.571. The van der Waals surface area contributed by atoms with Crippen molar-refractivity contribution >= 4 is 11.6 Å². The highest BCUT2D eigenvalue weighted by Crippen LogP contribution is 2.28. The van der Waals surface area contributed by atoms with Gasteiger partial charge in [0.15, 0.2) is 0 Å². The molecular weight excluding hydrogens is 236 g/mol. The average Bonchev–Trinajstić information content (AvgIpc) is 2.18. The Labute approximate surface area is 109 Å². The van der Waals surface area contributed by atoms with Crippen LogP contribution in [0.2, 0.25) is 5.02 Å². The summed E-state index contributed by atoms with van der Waals surface area (Å²) in [5.41, 5.74) is 1.06. The molecule has 17 heavy (non-hydrogen) atoms. The first-order valence-corrected chi connectivity index (χ1v) is 6.28. The Morgan fingerprint density at radius 3 is 2.47 bits per heavy atom. The Kier molecular flexibility index (Phi) is 4.84. The largest absolute Gasteiger partial charge is 0.492 e. The van der Waals surface area contributed by atoms with Gasteiger partial charge in [0.2, 0.25) is 0 Å². The lowest BCUT2D eigenvalue weighted by Crippen LogP contribution is -2.11. The molecule has 0 aliphatic rings. The van der Waals surface area contributed by atoms with E-state index in [-0.39, 0.29) is 5.41 Å². The van der Waals surface area contributed by atoms with E-state index in [4.69, 9.17) is 16.3 Å². The third-order valence-corrected chi connectivity index (χ3v) is 2.84. The van der Waals surface area contributed by atoms with E-state index in [0.717, 1.165) is 12.0 Å². The van der Waals surface area contributed by atoms with Gasteiger partial charge >= 0.3 is 0 Å². The summed E-state index contributed by atoms with van der Waals surface area (Å²) in [7, 11) is 0. The molecule has 1 rings (SSSR count). The fourth-order valence-corrected chi connectivity index (χ4v) is 1.60. The molecule has 0 aliphatic heterocycles. The quantitative estimate of drug-likeness (QED) is 0.875. The van der Waals surface area contributed by atoms with E-state index in [0.29, 0.717) is 17.4 Å². The Bertz CT molecular complexity index is 367. The molecule has 0 aromatic heterocycles. The van der Waals surface area contributed by atoms with E-state index in [1.165, 1.54) is 0 Å². The van der Waals surface area contributed by atoms with Crippen molar-refractivity contribution in [3.8, 4) is 5.75 Å². The van der Waals surface area contributed by atoms with E-state index in [1.54, 1.807) is 13.0 Å². The van der Waals surface area contributed by atoms with E-state index in [2.05, 4.69) is 20.8 Å². The highest BCUT2D eigenvalue weighted by molar-refractivity contribution is 6.32. The van der Waals surface area contributed by atoms with Crippen molar-refractivity contribution in [2.24, 2.45) is 5.41 Å². The fourth-order valence-electron chi connectivity index (χ4n) is 1.36. The van der Waals surface area contributed by atoms with Gasteiger partial charge < -0.3 is 9.84 Å². The second-order valence-electron chi connectivity index (χ2n) is 5.52. The van der Waals surface area contributed by atoms with Crippen LogP contribution in [-0.4, -0.2) is 11.7 Å². The summed E-state index contributed by atoms with van der Waals surface area (Å²) in [5.74, 6) is 0.681. The molecule has 1 atom stereocenters. The number of ether oxygens (including phenoxy) is 1. The number of aliphatic hydroxyl groups is 1. The van der Waals surface area contributed by atoms with Crippen LogP contribution in [0, 0.1) is 5.41 Å². The maximum absolute atomic E-state index is 9.42. The van der Waals surface area contributed by atoms with Crippen molar-refractivity contribution in [2.75, 3.05) is 6.61 Å². The van der Waals surface area contributed by atoms with E-state index >= 15 is 0 Å². The van der Waals surface area contributed by atoms with Crippen molar-refractivity contribution in [3.05, 3.63) is 28.8 Å². The van der Waals surface area contributed by atoms with Gasteiger partial charge in [-0.2, -0.15) is 0 Å². The first-order valence-electron chi connectivity index (χ1n) is 5.90. The third-order valence-electron chi connectivity index (χ3n) is 2.55. The van der Waals surface area contributed by atoms with Gasteiger partial charge in [-0.25, -0.2) is 0 Å². The third kappa shape index (κ3) is 4.97. The molecule has 0 saturated carbocycles. The monoisotopic (exact) mass is 256 g/mol. The van der Waals surface area contributed by atoms with E-state index in [1.807, 2.05) is 12.1 Å². The molecule has 0 saturated heterocycles. The maximum Gasteiger partial charge on any atom is 0.137 e. The van der Waals surface area contributed by atoms with Gasteiger partial charge in [0, 0.05) is 0 Å². The molecule has 1 N–H and O–H groups in total. The van der Waals surface area contributed by atoms with Gasteiger partial charge in [0.1, 0.15) is 5.75 Å². The SMILES string of the molecule is C[C@@H](O)c1ccc(OCCC(C)(C)C)c(Cl)c1. The topological polar surface area (TPSA) is 29.5 Å². The Morgan fingerprint density at radius 2 is 2.00 bits per heavy atom. The number of hydrogen-bond acceptors (Lipinski definition) is 2. The highest BCUT2D eigenvalue weighted by Gasteiger charge is 2.11. The van der Waals surface area contributed by atoms with Gasteiger partial charge in [-0.1, -0.05) is 38.4 Å². The van der Waals surface area contributed by atoms with Crippen molar-refractivity contribution < 1.29 is 9.84 Å². The van der Waals surface area contributed by atoms with Crippen molar-refractivity contribution in [1.29, 1.82) is 0 Å². The summed E-state index contributed by atoms with van der Waals surface area (Å²) >= 11 is 6.09. The van der Waals surface area contributed by atoms with Crippen LogP contribution in [0.25, 0.3) is 0 Å². The standard InChI is InChI=1S/C14H21ClO2/c1-10(16)11-5-6-13(12(15)9-11)17-8-7-14(2,3)4/h5-6,9-10,16H,7-8H2,1-4H3/t10-/m1/s1. The molecule has 3 heteroatoms. The minimum atomic E-state index is -0.504. The van der Waals surface area contributed by atoms with Gasteiger partial charge in [0.05, 0.1) is 17.7 Å². The molecule has 1 aromatic carbocycles. The van der Waals surface area contributed by atoms with Gasteiger partial charge in [-0.15, -0.1) is 0 Å². The average molecular weight is 257 g/mol. The second-order valence-corrected chi connectivity index (χ2v) is 5.93. The number of halogens is 1. The molecule has 0 bridgehead atoms. The first-order chi connectivity index (χ1) is 7.79. The second kappa shape index (κ2) is 5.74. The van der Waals surface area contributed by atoms with Crippen molar-refractivity contribution in [3.63, 3.8) is 0 Å². The van der Waals surface area contributed by atoms with Crippen LogP contribution in [0.4, 0.5) is 0 Å². The Morgan fingerprint density at radius 1 is 1.35 bits per heavy atom. The summed E-state index contributed by atoms with van der Waals surface area (Å²) in [5, 5.41) is 9.98. The molecule has 0 spiro atoms. The zero-order valence-electron chi connectivity index (χ0n) is 11.0.